The van der Waals surface area contributed by atoms with Crippen molar-refractivity contribution in [3.63, 3.8) is 0 Å². The quantitative estimate of drug-likeness (QED) is 0.466. The van der Waals surface area contributed by atoms with Crippen molar-refractivity contribution in [2.24, 2.45) is 11.5 Å². The monoisotopic (exact) mass is 225 g/mol. The van der Waals surface area contributed by atoms with Crippen molar-refractivity contribution < 1.29 is 4.79 Å². The lowest BCUT2D eigenvalue weighted by Crippen LogP contribution is -2.37. The first-order valence-electron chi connectivity index (χ1n) is 5.57. The second-order valence-electron chi connectivity index (χ2n) is 3.99. The van der Waals surface area contributed by atoms with Crippen molar-refractivity contribution >= 4 is 5.91 Å². The number of hydrogen-bond donors (Lipinski definition) is 3. The molecule has 5 N–H and O–H groups in total. The van der Waals surface area contributed by atoms with Gasteiger partial charge in [0.05, 0.1) is 5.57 Å². The number of carbonyl (C=O) groups excluding carboxylic acids is 1. The molecule has 0 fully saturated rings. The SMILES string of the molecule is C=C(C)/C(C(=O)NC(CC)CCN)=C(/C)N. The van der Waals surface area contributed by atoms with Crippen molar-refractivity contribution in [3.05, 3.63) is 23.4 Å². The Morgan fingerprint density at radius 2 is 2.00 bits per heavy atom. The Kier molecular flexibility index (Phi) is 6.49. The molecule has 4 heteroatoms. The van der Waals surface area contributed by atoms with E-state index in [9.17, 15) is 4.79 Å². The van der Waals surface area contributed by atoms with Gasteiger partial charge in [-0.3, -0.25) is 4.79 Å². The van der Waals surface area contributed by atoms with Crippen LogP contribution in [0.3, 0.4) is 0 Å². The Morgan fingerprint density at radius 1 is 1.44 bits per heavy atom. The van der Waals surface area contributed by atoms with E-state index in [1.807, 2.05) is 6.92 Å². The maximum atomic E-state index is 11.9. The normalized spacial score (nSPS) is 14.0. The summed E-state index contributed by atoms with van der Waals surface area (Å²) in [6, 6.07) is 0.103. The molecule has 0 saturated carbocycles. The summed E-state index contributed by atoms with van der Waals surface area (Å²) in [7, 11) is 0. The van der Waals surface area contributed by atoms with Gasteiger partial charge in [-0.25, -0.2) is 0 Å². The van der Waals surface area contributed by atoms with E-state index in [-0.39, 0.29) is 11.9 Å². The van der Waals surface area contributed by atoms with Crippen LogP contribution in [0, 0.1) is 0 Å². The molecule has 0 radical (unpaired) electrons. The Hall–Kier alpha value is -1.29. The summed E-state index contributed by atoms with van der Waals surface area (Å²) >= 11 is 0. The maximum Gasteiger partial charge on any atom is 0.253 e. The zero-order valence-electron chi connectivity index (χ0n) is 10.5. The predicted octanol–water partition coefficient (Wildman–Crippen LogP) is 1.04. The minimum atomic E-state index is -0.159. The van der Waals surface area contributed by atoms with Crippen LogP contribution in [0.15, 0.2) is 23.4 Å². The lowest BCUT2D eigenvalue weighted by atomic mass is 10.1. The minimum absolute atomic E-state index is 0.103. The highest BCUT2D eigenvalue weighted by Gasteiger charge is 2.15. The number of nitrogens with one attached hydrogen (secondary N) is 1. The fourth-order valence-electron chi connectivity index (χ4n) is 1.55. The molecule has 1 atom stereocenters. The van der Waals surface area contributed by atoms with E-state index >= 15 is 0 Å². The van der Waals surface area contributed by atoms with Gasteiger partial charge in [0.25, 0.3) is 5.91 Å². The van der Waals surface area contributed by atoms with E-state index in [4.69, 9.17) is 11.5 Å². The summed E-state index contributed by atoms with van der Waals surface area (Å²) in [5.74, 6) is -0.159. The zero-order chi connectivity index (χ0) is 12.7. The standard InChI is InChI=1S/C12H23N3O/c1-5-10(6-7-13)15-12(16)11(8(2)3)9(4)14/h10H,2,5-7,13-14H2,1,3-4H3,(H,15,16)/b11-9+. The van der Waals surface area contributed by atoms with Gasteiger partial charge in [0, 0.05) is 11.7 Å². The average Bonchev–Trinajstić information content (AvgIpc) is 2.15. The van der Waals surface area contributed by atoms with Gasteiger partial charge in [0.1, 0.15) is 0 Å². The number of nitrogens with two attached hydrogens (primary N) is 2. The number of carbonyl (C=O) groups is 1. The third-order valence-electron chi connectivity index (χ3n) is 2.39. The molecule has 16 heavy (non-hydrogen) atoms. The van der Waals surface area contributed by atoms with Crippen LogP contribution in [0.4, 0.5) is 0 Å². The third-order valence-corrected chi connectivity index (χ3v) is 2.39. The van der Waals surface area contributed by atoms with Crippen LogP contribution in [0.1, 0.15) is 33.6 Å². The highest BCUT2D eigenvalue weighted by atomic mass is 16.1. The number of amides is 1. The van der Waals surface area contributed by atoms with Crippen molar-refractivity contribution in [2.75, 3.05) is 6.54 Å². The lowest BCUT2D eigenvalue weighted by molar-refractivity contribution is -0.118. The van der Waals surface area contributed by atoms with E-state index in [0.29, 0.717) is 23.4 Å². The van der Waals surface area contributed by atoms with Crippen LogP contribution >= 0.6 is 0 Å². The molecule has 0 aromatic carbocycles. The van der Waals surface area contributed by atoms with E-state index < -0.39 is 0 Å². The first-order valence-corrected chi connectivity index (χ1v) is 5.57. The highest BCUT2D eigenvalue weighted by Crippen LogP contribution is 2.10. The second-order valence-corrected chi connectivity index (χ2v) is 3.99. The average molecular weight is 225 g/mol. The zero-order valence-corrected chi connectivity index (χ0v) is 10.5. The molecular formula is C12H23N3O. The minimum Gasteiger partial charge on any atom is -0.402 e. The van der Waals surface area contributed by atoms with E-state index in [1.54, 1.807) is 13.8 Å². The molecular weight excluding hydrogens is 202 g/mol. The number of hydrogen-bond acceptors (Lipinski definition) is 3. The molecule has 0 spiro atoms. The second kappa shape index (κ2) is 7.06. The largest absolute Gasteiger partial charge is 0.402 e. The topological polar surface area (TPSA) is 81.1 Å². The molecule has 0 aliphatic rings. The molecule has 0 aromatic heterocycles. The van der Waals surface area contributed by atoms with Gasteiger partial charge in [0.2, 0.25) is 0 Å². The summed E-state index contributed by atoms with van der Waals surface area (Å²) in [6.07, 6.45) is 1.63. The van der Waals surface area contributed by atoms with Gasteiger partial charge in [-0.05, 0) is 38.8 Å². The molecule has 0 saturated heterocycles. The number of allylic oxidation sites excluding steroid dienone is 1. The summed E-state index contributed by atoms with van der Waals surface area (Å²) in [6.45, 7) is 9.80. The highest BCUT2D eigenvalue weighted by molar-refractivity contribution is 5.98. The lowest BCUT2D eigenvalue weighted by Gasteiger charge is -2.18. The molecule has 1 amide bonds. The molecule has 0 heterocycles. The Balaban J connectivity index is 4.66. The van der Waals surface area contributed by atoms with Crippen LogP contribution < -0.4 is 16.8 Å². The fraction of sp³-hybridized carbons (Fsp3) is 0.583. The van der Waals surface area contributed by atoms with Crippen molar-refractivity contribution in [2.45, 2.75) is 39.7 Å². The fourth-order valence-corrected chi connectivity index (χ4v) is 1.55. The summed E-state index contributed by atoms with van der Waals surface area (Å²) < 4.78 is 0. The van der Waals surface area contributed by atoms with Gasteiger partial charge >= 0.3 is 0 Å². The van der Waals surface area contributed by atoms with Gasteiger partial charge < -0.3 is 16.8 Å². The van der Waals surface area contributed by atoms with E-state index in [0.717, 1.165) is 12.8 Å². The molecule has 0 aliphatic carbocycles. The first kappa shape index (κ1) is 14.7. The molecule has 92 valence electrons. The Labute approximate surface area is 97.8 Å². The number of rotatable bonds is 6. The maximum absolute atomic E-state index is 11.9. The third kappa shape index (κ3) is 4.49. The van der Waals surface area contributed by atoms with Crippen molar-refractivity contribution in [3.8, 4) is 0 Å². The summed E-state index contributed by atoms with van der Waals surface area (Å²) in [5.41, 5.74) is 12.8. The van der Waals surface area contributed by atoms with Crippen molar-refractivity contribution in [1.29, 1.82) is 0 Å². The van der Waals surface area contributed by atoms with Crippen LogP contribution in [0.5, 0.6) is 0 Å². The van der Waals surface area contributed by atoms with Crippen LogP contribution in [0.25, 0.3) is 0 Å². The van der Waals surface area contributed by atoms with E-state index in [1.165, 1.54) is 0 Å². The van der Waals surface area contributed by atoms with E-state index in [2.05, 4.69) is 11.9 Å². The molecule has 1 unspecified atom stereocenters. The summed E-state index contributed by atoms with van der Waals surface area (Å²) in [5, 5.41) is 2.91. The van der Waals surface area contributed by atoms with Gasteiger partial charge in [0.15, 0.2) is 0 Å². The Bertz CT molecular complexity index is 291. The molecule has 0 aliphatic heterocycles. The predicted molar refractivity (Wildman–Crippen MR) is 67.6 cm³/mol. The van der Waals surface area contributed by atoms with Gasteiger partial charge in [-0.1, -0.05) is 13.5 Å². The molecule has 0 aromatic rings. The smallest absolute Gasteiger partial charge is 0.253 e. The van der Waals surface area contributed by atoms with Crippen molar-refractivity contribution in [1.82, 2.24) is 5.32 Å². The Morgan fingerprint density at radius 3 is 2.31 bits per heavy atom. The molecule has 0 rings (SSSR count). The van der Waals surface area contributed by atoms with Crippen LogP contribution in [-0.2, 0) is 4.79 Å². The van der Waals surface area contributed by atoms with Crippen LogP contribution in [0.2, 0.25) is 0 Å². The van der Waals surface area contributed by atoms with Crippen LogP contribution in [-0.4, -0.2) is 18.5 Å². The molecule has 0 bridgehead atoms. The van der Waals surface area contributed by atoms with Gasteiger partial charge in [-0.15, -0.1) is 0 Å². The molecule has 4 nitrogen and oxygen atoms in total. The first-order chi connectivity index (χ1) is 7.43. The summed E-state index contributed by atoms with van der Waals surface area (Å²) in [4.78, 5) is 11.9. The van der Waals surface area contributed by atoms with Gasteiger partial charge in [-0.2, -0.15) is 0 Å².